The topological polar surface area (TPSA) is 33.3 Å². The van der Waals surface area contributed by atoms with E-state index in [0.717, 1.165) is 12.3 Å². The van der Waals surface area contributed by atoms with Crippen LogP contribution in [0.3, 0.4) is 0 Å². The summed E-state index contributed by atoms with van der Waals surface area (Å²) in [6, 6.07) is 7.50. The summed E-state index contributed by atoms with van der Waals surface area (Å²) in [7, 11) is 3.79. The highest BCUT2D eigenvalue weighted by Crippen LogP contribution is 2.31. The van der Waals surface area contributed by atoms with Crippen LogP contribution in [0.25, 0.3) is 0 Å². The molecule has 1 aliphatic heterocycles. The first kappa shape index (κ1) is 14.4. The van der Waals surface area contributed by atoms with Crippen LogP contribution in [-0.4, -0.2) is 26.7 Å². The molecule has 1 heterocycles. The molecule has 106 valence electrons. The van der Waals surface area contributed by atoms with Gasteiger partial charge in [0.1, 0.15) is 5.75 Å². The zero-order valence-corrected chi connectivity index (χ0v) is 12.5. The molecule has 0 bridgehead atoms. The quantitative estimate of drug-likeness (QED) is 0.856. The van der Waals surface area contributed by atoms with Gasteiger partial charge in [-0.05, 0) is 49.5 Å². The normalized spacial score (nSPS) is 20.8. The molecule has 0 amide bonds. The zero-order valence-electron chi connectivity index (χ0n) is 12.5. The van der Waals surface area contributed by atoms with Crippen molar-refractivity contribution in [3.8, 4) is 5.75 Å². The maximum Gasteiger partial charge on any atom is 0.122 e. The molecule has 2 atom stereocenters. The summed E-state index contributed by atoms with van der Waals surface area (Å²) in [4.78, 5) is 0. The fourth-order valence-corrected chi connectivity index (χ4v) is 2.99. The predicted molar refractivity (Wildman–Crippen MR) is 79.9 cm³/mol. The van der Waals surface area contributed by atoms with Gasteiger partial charge in [0.05, 0.1) is 7.11 Å². The Morgan fingerprint density at radius 1 is 1.37 bits per heavy atom. The second kappa shape index (κ2) is 6.40. The lowest BCUT2D eigenvalue weighted by Crippen LogP contribution is -2.36. The first-order valence-corrected chi connectivity index (χ1v) is 7.25. The Hall–Kier alpha value is -1.06. The first-order valence-electron chi connectivity index (χ1n) is 7.25. The largest absolute Gasteiger partial charge is 0.496 e. The van der Waals surface area contributed by atoms with Gasteiger partial charge in [-0.25, -0.2) is 0 Å². The average Bonchev–Trinajstić information content (AvgIpc) is 2.93. The van der Waals surface area contributed by atoms with E-state index in [-0.39, 0.29) is 0 Å². The van der Waals surface area contributed by atoms with E-state index in [2.05, 4.69) is 42.7 Å². The molecule has 0 radical (unpaired) electrons. The van der Waals surface area contributed by atoms with Gasteiger partial charge in [0.25, 0.3) is 0 Å². The van der Waals surface area contributed by atoms with Gasteiger partial charge in [-0.1, -0.05) is 26.0 Å². The third kappa shape index (κ3) is 3.10. The van der Waals surface area contributed by atoms with Gasteiger partial charge in [-0.15, -0.1) is 0 Å². The van der Waals surface area contributed by atoms with Gasteiger partial charge >= 0.3 is 0 Å². The Bertz CT molecular complexity index is 411. The summed E-state index contributed by atoms with van der Waals surface area (Å²) < 4.78 is 5.46. The Kier molecular flexibility index (Phi) is 4.83. The SMILES string of the molecule is CNC(c1ccc(OC)c(C(C)C)c1)C1CCCN1. The summed E-state index contributed by atoms with van der Waals surface area (Å²) in [6.45, 7) is 5.56. The molecule has 1 saturated heterocycles. The van der Waals surface area contributed by atoms with Gasteiger partial charge in [-0.3, -0.25) is 0 Å². The fourth-order valence-electron chi connectivity index (χ4n) is 2.99. The van der Waals surface area contributed by atoms with E-state index in [0.29, 0.717) is 18.0 Å². The second-order valence-electron chi connectivity index (χ2n) is 5.63. The van der Waals surface area contributed by atoms with Crippen molar-refractivity contribution in [2.75, 3.05) is 20.7 Å². The molecule has 0 aromatic heterocycles. The van der Waals surface area contributed by atoms with Crippen molar-refractivity contribution in [2.24, 2.45) is 0 Å². The molecular formula is C16H26N2O. The van der Waals surface area contributed by atoms with Crippen LogP contribution in [0.15, 0.2) is 18.2 Å². The summed E-state index contributed by atoms with van der Waals surface area (Å²) in [5.41, 5.74) is 2.64. The van der Waals surface area contributed by atoms with Crippen LogP contribution in [0.4, 0.5) is 0 Å². The standard InChI is InChI=1S/C16H26N2O/c1-11(2)13-10-12(7-8-15(13)19-4)16(17-3)14-6-5-9-18-14/h7-8,10-11,14,16-18H,5-6,9H2,1-4H3. The van der Waals surface area contributed by atoms with Gasteiger partial charge in [0, 0.05) is 12.1 Å². The maximum atomic E-state index is 5.46. The predicted octanol–water partition coefficient (Wildman–Crippen LogP) is 2.83. The van der Waals surface area contributed by atoms with Crippen molar-refractivity contribution in [3.63, 3.8) is 0 Å². The number of hydrogen-bond donors (Lipinski definition) is 2. The highest BCUT2D eigenvalue weighted by Gasteiger charge is 2.25. The van der Waals surface area contributed by atoms with Crippen LogP contribution in [0.2, 0.25) is 0 Å². The second-order valence-corrected chi connectivity index (χ2v) is 5.63. The lowest BCUT2D eigenvalue weighted by Gasteiger charge is -2.25. The third-order valence-corrected chi connectivity index (χ3v) is 4.05. The summed E-state index contributed by atoms with van der Waals surface area (Å²) >= 11 is 0. The van der Waals surface area contributed by atoms with Crippen LogP contribution in [0.1, 0.15) is 49.8 Å². The zero-order chi connectivity index (χ0) is 13.8. The van der Waals surface area contributed by atoms with Crippen molar-refractivity contribution in [1.29, 1.82) is 0 Å². The fraction of sp³-hybridized carbons (Fsp3) is 0.625. The Balaban J connectivity index is 2.29. The van der Waals surface area contributed by atoms with Gasteiger partial charge in [-0.2, -0.15) is 0 Å². The molecule has 3 nitrogen and oxygen atoms in total. The molecule has 0 saturated carbocycles. The highest BCUT2D eigenvalue weighted by atomic mass is 16.5. The molecule has 2 rings (SSSR count). The number of likely N-dealkylation sites (N-methyl/N-ethyl adjacent to an activating group) is 1. The minimum Gasteiger partial charge on any atom is -0.496 e. The summed E-state index contributed by atoms with van der Waals surface area (Å²) in [5, 5.41) is 7.05. The van der Waals surface area contributed by atoms with Crippen LogP contribution in [0, 0.1) is 0 Å². The number of benzene rings is 1. The van der Waals surface area contributed by atoms with Crippen molar-refractivity contribution < 1.29 is 4.74 Å². The molecule has 2 unspecified atom stereocenters. The Morgan fingerprint density at radius 2 is 2.16 bits per heavy atom. The van der Waals surface area contributed by atoms with Gasteiger partial charge in [0.2, 0.25) is 0 Å². The van der Waals surface area contributed by atoms with E-state index in [1.165, 1.54) is 24.0 Å². The number of hydrogen-bond acceptors (Lipinski definition) is 3. The van der Waals surface area contributed by atoms with Gasteiger partial charge in [0.15, 0.2) is 0 Å². The molecule has 1 aromatic carbocycles. The molecule has 2 N–H and O–H groups in total. The van der Waals surface area contributed by atoms with E-state index < -0.39 is 0 Å². The molecule has 1 aromatic rings. The molecular weight excluding hydrogens is 236 g/mol. The number of ether oxygens (including phenoxy) is 1. The first-order chi connectivity index (χ1) is 9.17. The minimum atomic E-state index is 0.380. The van der Waals surface area contributed by atoms with Crippen LogP contribution < -0.4 is 15.4 Å². The van der Waals surface area contributed by atoms with Gasteiger partial charge < -0.3 is 15.4 Å². The van der Waals surface area contributed by atoms with E-state index in [9.17, 15) is 0 Å². The number of nitrogens with one attached hydrogen (secondary N) is 2. The van der Waals surface area contributed by atoms with Crippen molar-refractivity contribution in [2.45, 2.75) is 44.7 Å². The molecule has 19 heavy (non-hydrogen) atoms. The molecule has 3 heteroatoms. The lowest BCUT2D eigenvalue weighted by molar-refractivity contribution is 0.405. The Morgan fingerprint density at radius 3 is 2.68 bits per heavy atom. The minimum absolute atomic E-state index is 0.380. The van der Waals surface area contributed by atoms with Crippen molar-refractivity contribution >= 4 is 0 Å². The molecule has 1 fully saturated rings. The Labute approximate surface area is 116 Å². The van der Waals surface area contributed by atoms with E-state index in [4.69, 9.17) is 4.74 Å². The monoisotopic (exact) mass is 262 g/mol. The molecule has 0 aliphatic carbocycles. The summed E-state index contributed by atoms with van der Waals surface area (Å²) in [6.07, 6.45) is 2.52. The smallest absolute Gasteiger partial charge is 0.122 e. The van der Waals surface area contributed by atoms with Crippen LogP contribution in [-0.2, 0) is 0 Å². The average molecular weight is 262 g/mol. The van der Waals surface area contributed by atoms with E-state index in [1.54, 1.807) is 7.11 Å². The summed E-state index contributed by atoms with van der Waals surface area (Å²) in [5.74, 6) is 1.47. The number of rotatable bonds is 5. The van der Waals surface area contributed by atoms with Crippen molar-refractivity contribution in [3.05, 3.63) is 29.3 Å². The third-order valence-electron chi connectivity index (χ3n) is 4.05. The lowest BCUT2D eigenvalue weighted by atomic mass is 9.93. The van der Waals surface area contributed by atoms with Crippen molar-refractivity contribution in [1.82, 2.24) is 10.6 Å². The van der Waals surface area contributed by atoms with E-state index in [1.807, 2.05) is 7.05 Å². The highest BCUT2D eigenvalue weighted by molar-refractivity contribution is 5.40. The van der Waals surface area contributed by atoms with Crippen LogP contribution >= 0.6 is 0 Å². The molecule has 1 aliphatic rings. The van der Waals surface area contributed by atoms with Crippen LogP contribution in [0.5, 0.6) is 5.75 Å². The number of methoxy groups -OCH3 is 1. The maximum absolute atomic E-state index is 5.46. The van der Waals surface area contributed by atoms with E-state index >= 15 is 0 Å². The molecule has 0 spiro atoms.